The molecule has 0 aromatic carbocycles. The standard InChI is InChI=1S/C75H137N7O24/c1-51(2)100-44-21-7-6-15-38-76-62(90)30-25-31-65(93)82-75(35-32-55(86)26-14-16-39-77-59(87)27-11-8-22-45-101-72-52(3)66(94)69(97)56(48-83)104-72,36-33-63(91)80-42-19-17-40-78-60(88)28-12-9-23-46-102-73-53(4)67(95)70(98)57(49-84)105-73)37-34-64(92)81-43-20-18-41-79-61(89)29-13-10-24-47-103-74-54(5)68(96)71(99)58(50-85)106-74/h51-54,56-58,66-74,83-85,94-99H,6-50H2,1-5H3,(H,76,90)(H,77,87)(H,78,88)(H,79,89)(H,80,91)(H,81,92)(H,82,93)/t52?,53?,54?,56?,57?,58?,66-,67-,68-,69+,70+,71+,72-,73-,74-,75?/m1/s1. The van der Waals surface area contributed by atoms with E-state index in [-0.39, 0.29) is 118 Å². The number of Topliss-reactive ketones (excluding diaryl/α,β-unsaturated/α-hetero) is 1. The van der Waals surface area contributed by atoms with Crippen LogP contribution in [0.4, 0.5) is 0 Å². The molecular formula is C75H137N7O24. The second kappa shape index (κ2) is 56.5. The van der Waals surface area contributed by atoms with Gasteiger partial charge in [-0.15, -0.1) is 0 Å². The molecule has 0 aliphatic carbocycles. The molecule has 0 aromatic rings. The fourth-order valence-corrected chi connectivity index (χ4v) is 12.8. The maximum absolute atomic E-state index is 14.0. The van der Waals surface area contributed by atoms with Gasteiger partial charge in [0.15, 0.2) is 18.9 Å². The van der Waals surface area contributed by atoms with E-state index in [1.165, 1.54) is 0 Å². The van der Waals surface area contributed by atoms with E-state index in [4.69, 9.17) is 33.2 Å². The van der Waals surface area contributed by atoms with E-state index in [2.05, 4.69) is 37.2 Å². The van der Waals surface area contributed by atoms with Gasteiger partial charge in [-0.3, -0.25) is 38.4 Å². The third-order valence-electron chi connectivity index (χ3n) is 19.9. The van der Waals surface area contributed by atoms with Gasteiger partial charge in [0, 0.05) is 147 Å². The Morgan fingerprint density at radius 3 is 0.953 bits per heavy atom. The maximum Gasteiger partial charge on any atom is 0.220 e. The molecule has 3 aliphatic rings. The molecule has 616 valence electrons. The van der Waals surface area contributed by atoms with Crippen LogP contribution < -0.4 is 37.2 Å². The second-order valence-electron chi connectivity index (χ2n) is 29.3. The van der Waals surface area contributed by atoms with E-state index >= 15 is 0 Å². The lowest BCUT2D eigenvalue weighted by Gasteiger charge is -2.40. The molecule has 3 heterocycles. The first-order valence-electron chi connectivity index (χ1n) is 39.6. The van der Waals surface area contributed by atoms with Crippen LogP contribution in [0, 0.1) is 17.8 Å². The minimum atomic E-state index is -1.22. The minimum absolute atomic E-state index is 0.0170. The molecule has 15 atom stereocenters. The molecule has 0 radical (unpaired) electrons. The second-order valence-corrected chi connectivity index (χ2v) is 29.3. The normalized spacial score (nSPS) is 25.1. The van der Waals surface area contributed by atoms with Gasteiger partial charge in [0.2, 0.25) is 41.4 Å². The molecule has 3 rings (SSSR count). The Hall–Kier alpha value is -4.68. The smallest absolute Gasteiger partial charge is 0.220 e. The third kappa shape index (κ3) is 40.3. The monoisotopic (exact) mass is 1520 g/mol. The predicted octanol–water partition coefficient (Wildman–Crippen LogP) is 2.29. The quantitative estimate of drug-likeness (QED) is 0.0388. The molecule has 6 unspecified atom stereocenters. The Balaban J connectivity index is 1.56. The summed E-state index contributed by atoms with van der Waals surface area (Å²) < 4.78 is 39.8. The van der Waals surface area contributed by atoms with Crippen LogP contribution in [0.3, 0.4) is 0 Å². The first-order chi connectivity index (χ1) is 50.8. The van der Waals surface area contributed by atoms with E-state index in [1.54, 1.807) is 20.8 Å². The average molecular weight is 1520 g/mol. The SMILES string of the molecule is CC(C)OCCCCCCNC(=O)CCCC(=O)NC(CCC(=O)CCCCNC(=O)CCCCCO[C@@H]1OC(CO)[C@H](O)[C@H](O)C1C)(CCC(=O)NCCCCNC(=O)CCCCCO[C@@H]1OC(CO)[C@H](O)[C@H](O)C1C)CCC(=O)NCCCCNC(=O)CCCCCO[C@@H]1OC(CO)[C@H](O)[C@H](O)C1C. The zero-order valence-electron chi connectivity index (χ0n) is 64.2. The Morgan fingerprint density at radius 1 is 0.330 bits per heavy atom. The van der Waals surface area contributed by atoms with E-state index in [0.717, 1.165) is 25.7 Å². The topological polar surface area (TPSA) is 467 Å². The highest BCUT2D eigenvalue weighted by Crippen LogP contribution is 2.31. The van der Waals surface area contributed by atoms with Crippen molar-refractivity contribution in [2.24, 2.45) is 17.8 Å². The van der Waals surface area contributed by atoms with Crippen molar-refractivity contribution in [3.63, 3.8) is 0 Å². The van der Waals surface area contributed by atoms with E-state index in [1.807, 2.05) is 13.8 Å². The molecule has 0 saturated carbocycles. The lowest BCUT2D eigenvalue weighted by molar-refractivity contribution is -0.282. The van der Waals surface area contributed by atoms with Crippen LogP contribution in [0.2, 0.25) is 0 Å². The number of aliphatic hydroxyl groups excluding tert-OH is 9. The van der Waals surface area contributed by atoms with Crippen molar-refractivity contribution < 1.29 is 117 Å². The number of carbonyl (C=O) groups is 8. The summed E-state index contributed by atoms with van der Waals surface area (Å²) in [5.74, 6) is -3.19. The number of nitrogens with one attached hydrogen (secondary N) is 7. The van der Waals surface area contributed by atoms with Gasteiger partial charge >= 0.3 is 0 Å². The molecule has 0 spiro atoms. The molecule has 0 aromatic heterocycles. The maximum atomic E-state index is 14.0. The van der Waals surface area contributed by atoms with Gasteiger partial charge in [0.1, 0.15) is 42.4 Å². The zero-order chi connectivity index (χ0) is 78.1. The minimum Gasteiger partial charge on any atom is -0.394 e. The first-order valence-corrected chi connectivity index (χ1v) is 39.6. The molecule has 31 heteroatoms. The fraction of sp³-hybridized carbons (Fsp3) is 0.893. The molecule has 16 N–H and O–H groups in total. The number of aliphatic hydroxyl groups is 9. The number of ether oxygens (including phenoxy) is 7. The Morgan fingerprint density at radius 2 is 0.604 bits per heavy atom. The van der Waals surface area contributed by atoms with Crippen LogP contribution in [0.5, 0.6) is 0 Å². The van der Waals surface area contributed by atoms with Gasteiger partial charge in [-0.1, -0.05) is 52.9 Å². The summed E-state index contributed by atoms with van der Waals surface area (Å²) in [6.45, 7) is 11.5. The summed E-state index contributed by atoms with van der Waals surface area (Å²) in [7, 11) is 0. The summed E-state index contributed by atoms with van der Waals surface area (Å²) >= 11 is 0. The highest BCUT2D eigenvalue weighted by Gasteiger charge is 2.45. The Bertz CT molecular complexity index is 2350. The van der Waals surface area contributed by atoms with Gasteiger partial charge < -0.3 is 116 Å². The average Bonchev–Trinajstić information content (AvgIpc) is 0.835. The molecular weight excluding hydrogens is 1380 g/mol. The highest BCUT2D eigenvalue weighted by molar-refractivity contribution is 5.82. The lowest BCUT2D eigenvalue weighted by Crippen LogP contribution is -2.55. The number of amides is 7. The number of carbonyl (C=O) groups excluding carboxylic acids is 8. The van der Waals surface area contributed by atoms with Crippen molar-refractivity contribution in [1.29, 1.82) is 0 Å². The van der Waals surface area contributed by atoms with Gasteiger partial charge in [0.05, 0.1) is 44.2 Å². The van der Waals surface area contributed by atoms with E-state index < -0.39 is 123 Å². The van der Waals surface area contributed by atoms with Gasteiger partial charge in [-0.2, -0.15) is 0 Å². The van der Waals surface area contributed by atoms with E-state index in [0.29, 0.717) is 175 Å². The van der Waals surface area contributed by atoms with Crippen LogP contribution in [0.25, 0.3) is 0 Å². The highest BCUT2D eigenvalue weighted by atomic mass is 16.7. The van der Waals surface area contributed by atoms with Crippen molar-refractivity contribution in [2.45, 2.75) is 326 Å². The summed E-state index contributed by atoms with van der Waals surface area (Å²) in [5, 5.41) is 110. The van der Waals surface area contributed by atoms with Crippen LogP contribution >= 0.6 is 0 Å². The van der Waals surface area contributed by atoms with Gasteiger partial charge in [-0.25, -0.2) is 0 Å². The summed E-state index contributed by atoms with van der Waals surface area (Å²) in [4.78, 5) is 106. The Kier molecular flexibility index (Phi) is 50.9. The van der Waals surface area contributed by atoms with Crippen LogP contribution in [0.1, 0.15) is 240 Å². The number of rotatable bonds is 61. The number of hydrogen-bond acceptors (Lipinski definition) is 24. The molecule has 106 heavy (non-hydrogen) atoms. The lowest BCUT2D eigenvalue weighted by atomic mass is 9.82. The molecule has 3 aliphatic heterocycles. The zero-order valence-corrected chi connectivity index (χ0v) is 64.2. The van der Waals surface area contributed by atoms with Crippen LogP contribution in [0.15, 0.2) is 0 Å². The van der Waals surface area contributed by atoms with Gasteiger partial charge in [-0.05, 0) is 129 Å². The van der Waals surface area contributed by atoms with Crippen LogP contribution in [-0.4, -0.2) is 264 Å². The molecule has 0 bridgehead atoms. The van der Waals surface area contributed by atoms with Crippen molar-refractivity contribution >= 4 is 47.1 Å². The fourth-order valence-electron chi connectivity index (χ4n) is 12.8. The van der Waals surface area contributed by atoms with Crippen molar-refractivity contribution in [3.8, 4) is 0 Å². The molecule has 3 saturated heterocycles. The van der Waals surface area contributed by atoms with Crippen molar-refractivity contribution in [1.82, 2.24) is 37.2 Å². The third-order valence-corrected chi connectivity index (χ3v) is 19.9. The summed E-state index contributed by atoms with van der Waals surface area (Å²) in [5.41, 5.74) is -1.20. The molecule has 3 fully saturated rings. The van der Waals surface area contributed by atoms with Crippen molar-refractivity contribution in [3.05, 3.63) is 0 Å². The number of ketones is 1. The molecule has 7 amide bonds. The summed E-state index contributed by atoms with van der Waals surface area (Å²) in [6, 6.07) is 0. The Labute approximate surface area is 628 Å². The van der Waals surface area contributed by atoms with E-state index in [9.17, 15) is 84.3 Å². The number of hydrogen-bond donors (Lipinski definition) is 16. The van der Waals surface area contributed by atoms with Gasteiger partial charge in [0.25, 0.3) is 0 Å². The summed E-state index contributed by atoms with van der Waals surface area (Å²) in [6.07, 6.45) is 2.24. The number of unbranched alkanes of at least 4 members (excludes halogenated alkanes) is 12. The molecule has 31 nitrogen and oxygen atoms in total. The first kappa shape index (κ1) is 95.5. The largest absolute Gasteiger partial charge is 0.394 e. The van der Waals surface area contributed by atoms with Crippen molar-refractivity contribution in [2.75, 3.05) is 85.5 Å². The predicted molar refractivity (Wildman–Crippen MR) is 391 cm³/mol. The van der Waals surface area contributed by atoms with Crippen LogP contribution in [-0.2, 0) is 71.5 Å².